The fourth-order valence-corrected chi connectivity index (χ4v) is 4.18. The number of nitrogens with one attached hydrogen (secondary N) is 1. The van der Waals surface area contributed by atoms with E-state index in [-0.39, 0.29) is 35.2 Å². The fourth-order valence-electron chi connectivity index (χ4n) is 3.34. The van der Waals surface area contributed by atoms with E-state index in [1.54, 1.807) is 48.5 Å². The van der Waals surface area contributed by atoms with Gasteiger partial charge in [0.1, 0.15) is 5.75 Å². The molecule has 0 spiro atoms. The van der Waals surface area contributed by atoms with E-state index in [0.717, 1.165) is 16.7 Å². The number of carbonyl (C=O) groups excluding carboxylic acids is 3. The molecule has 1 fully saturated rings. The van der Waals surface area contributed by atoms with Crippen molar-refractivity contribution in [2.75, 3.05) is 11.9 Å². The van der Waals surface area contributed by atoms with Crippen LogP contribution in [0.4, 0.5) is 16.2 Å². The maximum absolute atomic E-state index is 12.8. The van der Waals surface area contributed by atoms with E-state index in [4.69, 9.17) is 4.74 Å². The summed E-state index contributed by atoms with van der Waals surface area (Å²) in [6.07, 6.45) is 1.54. The molecule has 1 aliphatic heterocycles. The van der Waals surface area contributed by atoms with Gasteiger partial charge < -0.3 is 10.1 Å². The Labute approximate surface area is 204 Å². The maximum atomic E-state index is 12.8. The van der Waals surface area contributed by atoms with Crippen LogP contribution in [-0.4, -0.2) is 33.5 Å². The summed E-state index contributed by atoms with van der Waals surface area (Å²) in [5, 5.41) is 13.5. The molecule has 0 bridgehead atoms. The largest absolute Gasteiger partial charge is 0.484 e. The first-order valence-electron chi connectivity index (χ1n) is 10.5. The second-order valence-corrected chi connectivity index (χ2v) is 8.42. The predicted molar refractivity (Wildman–Crippen MR) is 132 cm³/mol. The number of benzene rings is 3. The molecule has 3 aromatic rings. The average Bonchev–Trinajstić information content (AvgIpc) is 3.11. The highest BCUT2D eigenvalue weighted by Crippen LogP contribution is 2.34. The quantitative estimate of drug-likeness (QED) is 0.273. The Hall–Kier alpha value is -4.44. The van der Waals surface area contributed by atoms with Gasteiger partial charge >= 0.3 is 0 Å². The van der Waals surface area contributed by atoms with Gasteiger partial charge in [-0.3, -0.25) is 29.4 Å². The molecule has 1 heterocycles. The molecule has 0 saturated carbocycles. The van der Waals surface area contributed by atoms with Crippen molar-refractivity contribution in [3.8, 4) is 5.75 Å². The molecule has 3 aromatic carbocycles. The highest BCUT2D eigenvalue weighted by atomic mass is 32.2. The van der Waals surface area contributed by atoms with E-state index in [2.05, 4.69) is 5.32 Å². The Morgan fingerprint density at radius 2 is 1.77 bits per heavy atom. The fraction of sp³-hybridized carbons (Fsp3) is 0.0800. The molecule has 35 heavy (non-hydrogen) atoms. The number of para-hydroxylation sites is 2. The van der Waals surface area contributed by atoms with Crippen molar-refractivity contribution in [1.82, 2.24) is 4.90 Å². The van der Waals surface area contributed by atoms with Crippen molar-refractivity contribution in [3.63, 3.8) is 0 Å². The molecule has 4 rings (SSSR count). The van der Waals surface area contributed by atoms with E-state index in [9.17, 15) is 24.5 Å². The van der Waals surface area contributed by atoms with Crippen LogP contribution in [0.2, 0.25) is 0 Å². The molecule has 1 saturated heterocycles. The third kappa shape index (κ3) is 5.92. The summed E-state index contributed by atoms with van der Waals surface area (Å²) >= 11 is 0.759. The molecule has 0 unspecified atom stereocenters. The number of carbonyl (C=O) groups is 3. The Bertz CT molecular complexity index is 1330. The average molecular weight is 490 g/mol. The molecule has 0 aliphatic carbocycles. The third-order valence-corrected chi connectivity index (χ3v) is 5.88. The lowest BCUT2D eigenvalue weighted by atomic mass is 10.1. The van der Waals surface area contributed by atoms with Crippen LogP contribution in [0.1, 0.15) is 11.1 Å². The number of imide groups is 1. The minimum absolute atomic E-state index is 0.156. The van der Waals surface area contributed by atoms with Crippen LogP contribution in [-0.2, 0) is 16.1 Å². The lowest BCUT2D eigenvalue weighted by molar-refractivity contribution is -0.385. The zero-order valence-electron chi connectivity index (χ0n) is 18.2. The zero-order valence-corrected chi connectivity index (χ0v) is 19.1. The molecular weight excluding hydrogens is 470 g/mol. The minimum Gasteiger partial charge on any atom is -0.484 e. The molecule has 0 atom stereocenters. The smallest absolute Gasteiger partial charge is 0.293 e. The molecule has 1 aliphatic rings. The molecule has 3 amide bonds. The number of nitrogens with zero attached hydrogens (tertiary/aromatic N) is 2. The summed E-state index contributed by atoms with van der Waals surface area (Å²) in [6, 6.07) is 21.7. The van der Waals surface area contributed by atoms with Gasteiger partial charge in [0.05, 0.1) is 16.4 Å². The van der Waals surface area contributed by atoms with Crippen molar-refractivity contribution < 1.29 is 24.0 Å². The van der Waals surface area contributed by atoms with E-state index in [1.165, 1.54) is 18.2 Å². The van der Waals surface area contributed by atoms with Gasteiger partial charge in [0, 0.05) is 17.3 Å². The normalized spacial score (nSPS) is 14.3. The van der Waals surface area contributed by atoms with Crippen molar-refractivity contribution in [1.29, 1.82) is 0 Å². The summed E-state index contributed by atoms with van der Waals surface area (Å²) < 4.78 is 5.55. The number of rotatable bonds is 8. The minimum atomic E-state index is -0.546. The summed E-state index contributed by atoms with van der Waals surface area (Å²) in [6.45, 7) is -0.399. The van der Waals surface area contributed by atoms with Crippen LogP contribution >= 0.6 is 11.8 Å². The number of nitro groups is 1. The van der Waals surface area contributed by atoms with Gasteiger partial charge in [-0.1, -0.05) is 48.5 Å². The van der Waals surface area contributed by atoms with E-state index in [1.807, 2.05) is 18.2 Å². The van der Waals surface area contributed by atoms with Crippen LogP contribution in [0, 0.1) is 10.1 Å². The lowest BCUT2D eigenvalue weighted by Gasteiger charge is -2.12. The third-order valence-electron chi connectivity index (χ3n) is 4.97. The summed E-state index contributed by atoms with van der Waals surface area (Å²) in [5.74, 6) is -0.439. The molecular formula is C25H19N3O6S. The zero-order chi connectivity index (χ0) is 24.8. The number of ether oxygens (including phenoxy) is 1. The van der Waals surface area contributed by atoms with Gasteiger partial charge in [-0.05, 0) is 47.7 Å². The number of anilines is 1. The van der Waals surface area contributed by atoms with Gasteiger partial charge in [-0.25, -0.2) is 0 Å². The standard InChI is InChI=1S/C25H19N3O6S/c29-23(26-19-9-2-1-3-10-19)16-34-20-11-6-7-17(13-20)14-22-24(30)27(25(31)35-22)15-18-8-4-5-12-21(18)28(32)33/h1-14H,15-16H2,(H,26,29)/b22-14-. The van der Waals surface area contributed by atoms with Gasteiger partial charge in [-0.2, -0.15) is 0 Å². The monoisotopic (exact) mass is 489 g/mol. The number of hydrogen-bond acceptors (Lipinski definition) is 7. The van der Waals surface area contributed by atoms with E-state index < -0.39 is 16.1 Å². The van der Waals surface area contributed by atoms with Gasteiger partial charge in [-0.15, -0.1) is 0 Å². The van der Waals surface area contributed by atoms with Crippen molar-refractivity contribution in [3.05, 3.63) is 105 Å². The van der Waals surface area contributed by atoms with Crippen molar-refractivity contribution in [2.45, 2.75) is 6.54 Å². The topological polar surface area (TPSA) is 119 Å². The first kappa shape index (κ1) is 23.7. The summed E-state index contributed by atoms with van der Waals surface area (Å²) in [5.41, 5.74) is 1.37. The molecule has 0 aromatic heterocycles. The Kier molecular flexibility index (Phi) is 7.22. The number of thioether (sulfide) groups is 1. The summed E-state index contributed by atoms with van der Waals surface area (Å²) in [7, 11) is 0. The number of nitro benzene ring substituents is 1. The Morgan fingerprint density at radius 1 is 1.03 bits per heavy atom. The van der Waals surface area contributed by atoms with Gasteiger partial charge in [0.15, 0.2) is 6.61 Å². The molecule has 0 radical (unpaired) electrons. The van der Waals surface area contributed by atoms with E-state index >= 15 is 0 Å². The van der Waals surface area contributed by atoms with Crippen LogP contribution in [0.3, 0.4) is 0 Å². The van der Waals surface area contributed by atoms with Crippen LogP contribution in [0.15, 0.2) is 83.8 Å². The number of amides is 3. The van der Waals surface area contributed by atoms with E-state index in [0.29, 0.717) is 17.0 Å². The van der Waals surface area contributed by atoms with Crippen LogP contribution in [0.5, 0.6) is 5.75 Å². The van der Waals surface area contributed by atoms with Crippen molar-refractivity contribution in [2.24, 2.45) is 0 Å². The first-order chi connectivity index (χ1) is 16.9. The Morgan fingerprint density at radius 3 is 2.54 bits per heavy atom. The second kappa shape index (κ2) is 10.7. The maximum Gasteiger partial charge on any atom is 0.293 e. The van der Waals surface area contributed by atoms with Gasteiger partial charge in [0.25, 0.3) is 22.7 Å². The summed E-state index contributed by atoms with van der Waals surface area (Å²) in [4.78, 5) is 49.3. The predicted octanol–water partition coefficient (Wildman–Crippen LogP) is 4.85. The molecule has 176 valence electrons. The Balaban J connectivity index is 1.42. The van der Waals surface area contributed by atoms with Crippen LogP contribution in [0.25, 0.3) is 6.08 Å². The lowest BCUT2D eigenvalue weighted by Crippen LogP contribution is -2.27. The van der Waals surface area contributed by atoms with Crippen molar-refractivity contribution >= 4 is 46.3 Å². The SMILES string of the molecule is O=C(COc1cccc(/C=C2\SC(=O)N(Cc3ccccc3[N+](=O)[O-])C2=O)c1)Nc1ccccc1. The highest BCUT2D eigenvalue weighted by Gasteiger charge is 2.36. The van der Waals surface area contributed by atoms with Crippen LogP contribution < -0.4 is 10.1 Å². The highest BCUT2D eigenvalue weighted by molar-refractivity contribution is 8.18. The molecule has 9 nitrogen and oxygen atoms in total. The molecule has 1 N–H and O–H groups in total. The molecule has 10 heteroatoms. The first-order valence-corrected chi connectivity index (χ1v) is 11.3. The number of hydrogen-bond donors (Lipinski definition) is 1. The second-order valence-electron chi connectivity index (χ2n) is 7.43. The van der Waals surface area contributed by atoms with Gasteiger partial charge in [0.2, 0.25) is 0 Å².